The monoisotopic (exact) mass is 986 g/mol. The van der Waals surface area contributed by atoms with Crippen LogP contribution in [0.3, 0.4) is 0 Å². The Balaban J connectivity index is 0.760. The molecule has 3 amide bonds. The van der Waals surface area contributed by atoms with E-state index in [9.17, 15) is 42.9 Å². The average molecular weight is 986 g/mol. The number of aliphatic hydroxyl groups excluding tert-OH is 2. The van der Waals surface area contributed by atoms with Crippen LogP contribution in [-0.4, -0.2) is 88.6 Å². The molecule has 392 valence electrons. The first-order chi connectivity index (χ1) is 32.5. The summed E-state index contributed by atoms with van der Waals surface area (Å²) in [7, 11) is -4.12. The van der Waals surface area contributed by atoms with Crippen LogP contribution in [0, 0.1) is 92.7 Å². The molecule has 8 saturated carbocycles. The summed E-state index contributed by atoms with van der Waals surface area (Å²) < 4.78 is 31.1. The third kappa shape index (κ3) is 10.6. The molecular formula is C55H91N3O10S. The fraction of sp³-hybridized carbons (Fsp3) is 0.927. The summed E-state index contributed by atoms with van der Waals surface area (Å²) in [6, 6.07) is 0.166. The van der Waals surface area contributed by atoms with Gasteiger partial charge in [-0.25, -0.2) is 0 Å². The number of carbonyl (C=O) groups is 4. The van der Waals surface area contributed by atoms with E-state index < -0.39 is 21.8 Å². The Morgan fingerprint density at radius 2 is 0.986 bits per heavy atom. The summed E-state index contributed by atoms with van der Waals surface area (Å²) in [6.07, 6.45) is 18.6. The molecule has 8 fully saturated rings. The molecule has 8 aliphatic carbocycles. The second-order valence-corrected chi connectivity index (χ2v) is 27.6. The van der Waals surface area contributed by atoms with E-state index in [0.717, 1.165) is 116 Å². The van der Waals surface area contributed by atoms with Crippen molar-refractivity contribution >= 4 is 33.8 Å². The topological polar surface area (TPSA) is 219 Å². The van der Waals surface area contributed by atoms with Gasteiger partial charge in [-0.15, -0.1) is 0 Å². The van der Waals surface area contributed by atoms with Crippen molar-refractivity contribution in [2.24, 2.45) is 92.7 Å². The minimum Gasteiger partial charge on any atom is -0.481 e. The molecule has 0 heterocycles. The van der Waals surface area contributed by atoms with Gasteiger partial charge in [-0.3, -0.25) is 23.7 Å². The molecule has 8 aliphatic rings. The second-order valence-electron chi connectivity index (χ2n) is 26.0. The number of carbonyl (C=O) groups excluding carboxylic acids is 3. The van der Waals surface area contributed by atoms with E-state index in [1.165, 1.54) is 0 Å². The Morgan fingerprint density at radius 1 is 0.565 bits per heavy atom. The zero-order valence-electron chi connectivity index (χ0n) is 43.1. The van der Waals surface area contributed by atoms with Gasteiger partial charge in [0.25, 0.3) is 10.1 Å². The van der Waals surface area contributed by atoms with Gasteiger partial charge in [0.05, 0.1) is 18.0 Å². The lowest BCUT2D eigenvalue weighted by Gasteiger charge is -2.62. The second kappa shape index (κ2) is 20.6. The number of hydrogen-bond acceptors (Lipinski definition) is 8. The van der Waals surface area contributed by atoms with Crippen molar-refractivity contribution in [3.05, 3.63) is 0 Å². The SMILES string of the molecule is C[C@H](CCC(=O)O)[C@H]1CC[C@H]2[C@@H]3[C@@H](O)C[C@@H]4C[C@H](NC(=O)CCCC(=O)N[C@@H]5CC[C@@]6(C)[C@@H](C5)C[C@H](O)[C@@H]5[C@@H]6CC[C@]6(C)[C@@H]([C@H](C)CCC(=O)NCCS(=O)(=O)O)CC[C@@H]56)CC[C@]4(C)[C@H]3CC[C@]12C. The summed E-state index contributed by atoms with van der Waals surface area (Å²) in [5, 5.41) is 42.5. The zero-order valence-corrected chi connectivity index (χ0v) is 43.9. The standard InChI is InChI=1S/C55H91N3O10S/c1-32(10-16-46(61)56-26-27-69(66,67)68)38-12-14-40-50-42(20-24-54(38,40)5)52(3)22-18-36(28-34(52)30-44(50)59)57-47(62)8-7-9-48(63)58-37-19-23-53(4)35(29-37)31-45(60)51-41-15-13-39(33(2)11-17-49(64)65)55(41,6)25-21-43(51)53/h32-45,50-51,59-60H,7-31H2,1-6H3,(H,56,61)(H,57,62)(H,58,63)(H,64,65)(H,66,67,68)/t32-,33-,34+,35+,36-,37-,38-,39-,40+,41+,42+,43+,44+,45+,50+,51+,52+,53+,54-,55-/m1/s1. The summed E-state index contributed by atoms with van der Waals surface area (Å²) in [6.45, 7) is 14.2. The number of hydrogen-bond donors (Lipinski definition) is 7. The maximum atomic E-state index is 13.4. The van der Waals surface area contributed by atoms with Gasteiger partial charge in [-0.1, -0.05) is 41.5 Å². The highest BCUT2D eigenvalue weighted by atomic mass is 32.2. The molecule has 14 heteroatoms. The zero-order chi connectivity index (χ0) is 49.8. The first kappa shape index (κ1) is 53.0. The first-order valence-corrected chi connectivity index (χ1v) is 29.5. The summed E-state index contributed by atoms with van der Waals surface area (Å²) >= 11 is 0. The molecule has 0 spiro atoms. The van der Waals surface area contributed by atoms with Crippen LogP contribution in [0.4, 0.5) is 0 Å². The van der Waals surface area contributed by atoms with E-state index in [1.807, 2.05) is 0 Å². The van der Waals surface area contributed by atoms with Crippen LogP contribution in [0.2, 0.25) is 0 Å². The summed E-state index contributed by atoms with van der Waals surface area (Å²) in [5.41, 5.74) is 0.513. The van der Waals surface area contributed by atoms with Gasteiger partial charge in [-0.05, 0) is 215 Å². The Bertz CT molecular complexity index is 2000. The lowest BCUT2D eigenvalue weighted by atomic mass is 9.43. The molecule has 8 rings (SSSR count). The fourth-order valence-electron chi connectivity index (χ4n) is 19.2. The molecule has 69 heavy (non-hydrogen) atoms. The van der Waals surface area contributed by atoms with E-state index in [1.54, 1.807) is 0 Å². The number of fused-ring (bicyclic) bond motifs is 10. The molecule has 0 saturated heterocycles. The van der Waals surface area contributed by atoms with Crippen LogP contribution in [0.25, 0.3) is 0 Å². The van der Waals surface area contributed by atoms with Crippen molar-refractivity contribution in [2.75, 3.05) is 12.3 Å². The molecule has 7 N–H and O–H groups in total. The average Bonchev–Trinajstić information content (AvgIpc) is 3.82. The highest BCUT2D eigenvalue weighted by Crippen LogP contribution is 2.70. The quantitative estimate of drug-likeness (QED) is 0.0692. The molecule has 0 radical (unpaired) electrons. The van der Waals surface area contributed by atoms with Gasteiger partial charge >= 0.3 is 5.97 Å². The van der Waals surface area contributed by atoms with Crippen molar-refractivity contribution < 1.29 is 47.5 Å². The Kier molecular flexibility index (Phi) is 15.8. The highest BCUT2D eigenvalue weighted by molar-refractivity contribution is 7.85. The van der Waals surface area contributed by atoms with Gasteiger partial charge in [0.15, 0.2) is 0 Å². The van der Waals surface area contributed by atoms with Crippen molar-refractivity contribution in [3.63, 3.8) is 0 Å². The van der Waals surface area contributed by atoms with Crippen LogP contribution >= 0.6 is 0 Å². The molecule has 0 unspecified atom stereocenters. The van der Waals surface area contributed by atoms with E-state index >= 15 is 0 Å². The van der Waals surface area contributed by atoms with Crippen LogP contribution in [0.15, 0.2) is 0 Å². The maximum Gasteiger partial charge on any atom is 0.303 e. The van der Waals surface area contributed by atoms with Gasteiger partial charge in [0, 0.05) is 44.3 Å². The van der Waals surface area contributed by atoms with Crippen molar-refractivity contribution in [2.45, 2.75) is 214 Å². The number of carboxylic acid groups (broad SMARTS) is 1. The number of aliphatic hydroxyl groups is 2. The lowest BCUT2D eigenvalue weighted by Crippen LogP contribution is -2.59. The minimum atomic E-state index is -4.12. The number of rotatable bonds is 17. The highest BCUT2D eigenvalue weighted by Gasteiger charge is 2.65. The predicted molar refractivity (Wildman–Crippen MR) is 265 cm³/mol. The van der Waals surface area contributed by atoms with Gasteiger partial charge in [0.1, 0.15) is 0 Å². The molecular weight excluding hydrogens is 895 g/mol. The van der Waals surface area contributed by atoms with Crippen LogP contribution in [0.5, 0.6) is 0 Å². The Morgan fingerprint density at radius 3 is 1.42 bits per heavy atom. The molecule has 0 aromatic carbocycles. The molecule has 0 aromatic rings. The third-order valence-corrected chi connectivity index (χ3v) is 23.5. The lowest BCUT2D eigenvalue weighted by molar-refractivity contribution is -0.167. The van der Waals surface area contributed by atoms with Crippen LogP contribution in [0.1, 0.15) is 189 Å². The Labute approximate surface area is 414 Å². The molecule has 0 aliphatic heterocycles. The van der Waals surface area contributed by atoms with Crippen molar-refractivity contribution in [1.82, 2.24) is 16.0 Å². The first-order valence-electron chi connectivity index (χ1n) is 27.8. The van der Waals surface area contributed by atoms with Crippen molar-refractivity contribution in [1.29, 1.82) is 0 Å². The third-order valence-electron chi connectivity index (χ3n) is 22.7. The minimum absolute atomic E-state index is 0.00633. The smallest absolute Gasteiger partial charge is 0.303 e. The number of amides is 3. The van der Waals surface area contributed by atoms with E-state index in [4.69, 9.17) is 4.55 Å². The normalized spacial score (nSPS) is 44.4. The van der Waals surface area contributed by atoms with Crippen molar-refractivity contribution in [3.8, 4) is 0 Å². The Hall–Kier alpha value is -2.29. The van der Waals surface area contributed by atoms with E-state index in [-0.39, 0.29) is 82.6 Å². The van der Waals surface area contributed by atoms with Gasteiger partial charge < -0.3 is 31.3 Å². The fourth-order valence-corrected chi connectivity index (χ4v) is 19.5. The molecule has 20 atom stereocenters. The number of aliphatic carboxylic acids is 1. The largest absolute Gasteiger partial charge is 0.481 e. The maximum absolute atomic E-state index is 13.4. The van der Waals surface area contributed by atoms with Gasteiger partial charge in [0.2, 0.25) is 17.7 Å². The predicted octanol–water partition coefficient (Wildman–Crippen LogP) is 8.31. The molecule has 0 bridgehead atoms. The number of carboxylic acids is 1. The van der Waals surface area contributed by atoms with Crippen LogP contribution in [-0.2, 0) is 29.3 Å². The molecule has 0 aromatic heterocycles. The summed E-state index contributed by atoms with van der Waals surface area (Å²) in [5.74, 6) is 3.37. The van der Waals surface area contributed by atoms with E-state index in [0.29, 0.717) is 90.8 Å². The summed E-state index contributed by atoms with van der Waals surface area (Å²) in [4.78, 5) is 50.6. The number of nitrogens with one attached hydrogen (secondary N) is 3. The molecule has 13 nitrogen and oxygen atoms in total. The van der Waals surface area contributed by atoms with Gasteiger partial charge in [-0.2, -0.15) is 8.42 Å². The van der Waals surface area contributed by atoms with E-state index in [2.05, 4.69) is 57.5 Å². The van der Waals surface area contributed by atoms with Crippen LogP contribution < -0.4 is 16.0 Å².